The van der Waals surface area contributed by atoms with Crippen molar-refractivity contribution in [2.24, 2.45) is 5.92 Å². The van der Waals surface area contributed by atoms with E-state index in [1.54, 1.807) is 0 Å². The van der Waals surface area contributed by atoms with Crippen molar-refractivity contribution in [2.45, 2.75) is 33.2 Å². The lowest BCUT2D eigenvalue weighted by Crippen LogP contribution is -2.38. The highest BCUT2D eigenvalue weighted by Gasteiger charge is 2.16. The number of hydrogen-bond acceptors (Lipinski definition) is 4. The van der Waals surface area contributed by atoms with Crippen LogP contribution in [0.3, 0.4) is 0 Å². The van der Waals surface area contributed by atoms with Crippen molar-refractivity contribution in [1.82, 2.24) is 15.5 Å². The molecule has 1 aromatic heterocycles. The molecule has 0 bridgehead atoms. The van der Waals surface area contributed by atoms with Crippen LogP contribution in [-0.2, 0) is 0 Å². The van der Waals surface area contributed by atoms with E-state index in [2.05, 4.69) is 20.8 Å². The Morgan fingerprint density at radius 2 is 1.94 bits per heavy atom. The van der Waals surface area contributed by atoms with Gasteiger partial charge in [0.2, 0.25) is 5.13 Å². The van der Waals surface area contributed by atoms with E-state index in [1.807, 2.05) is 20.8 Å². The van der Waals surface area contributed by atoms with E-state index in [-0.39, 0.29) is 17.1 Å². The highest BCUT2D eigenvalue weighted by atomic mass is 32.1. The number of anilines is 1. The molecule has 0 aliphatic heterocycles. The number of nitrogens with zero attached hydrogens (tertiary/aromatic N) is 2. The average molecular weight is 264 g/mol. The predicted octanol–water partition coefficient (Wildman–Crippen LogP) is 2.64. The molecule has 2 amide bonds. The third-order valence-electron chi connectivity index (χ3n) is 2.21. The average Bonchev–Trinajstić information content (AvgIpc) is 2.65. The number of halogens is 2. The van der Waals surface area contributed by atoms with E-state index in [4.69, 9.17) is 0 Å². The summed E-state index contributed by atoms with van der Waals surface area (Å²) in [6.07, 6.45) is -2.67. The number of hydrogen-bond donors (Lipinski definition) is 2. The zero-order valence-electron chi connectivity index (χ0n) is 9.70. The Kier molecular flexibility index (Phi) is 4.73. The van der Waals surface area contributed by atoms with Gasteiger partial charge in [-0.15, -0.1) is 10.2 Å². The van der Waals surface area contributed by atoms with E-state index in [9.17, 15) is 13.6 Å². The van der Waals surface area contributed by atoms with Crippen LogP contribution >= 0.6 is 11.3 Å². The standard InChI is InChI=1S/C9H14F2N4OS/c1-4(2)5(3)12-8(16)13-9-15-14-7(17-9)6(10)11/h4-6H,1-3H3,(H2,12,13,15,16)/t5-/m1/s1. The lowest BCUT2D eigenvalue weighted by atomic mass is 10.1. The first-order chi connectivity index (χ1) is 7.90. The molecule has 96 valence electrons. The van der Waals surface area contributed by atoms with Crippen molar-refractivity contribution < 1.29 is 13.6 Å². The van der Waals surface area contributed by atoms with E-state index >= 15 is 0 Å². The quantitative estimate of drug-likeness (QED) is 0.878. The second-order valence-electron chi connectivity index (χ2n) is 3.88. The van der Waals surface area contributed by atoms with Gasteiger partial charge >= 0.3 is 6.03 Å². The molecule has 0 aromatic carbocycles. The molecule has 5 nitrogen and oxygen atoms in total. The van der Waals surface area contributed by atoms with Crippen LogP contribution in [0.1, 0.15) is 32.2 Å². The largest absolute Gasteiger partial charge is 0.335 e. The van der Waals surface area contributed by atoms with Crippen LogP contribution in [-0.4, -0.2) is 22.3 Å². The molecule has 0 fully saturated rings. The molecule has 0 saturated carbocycles. The molecule has 1 heterocycles. The first kappa shape index (κ1) is 13.8. The molecule has 2 N–H and O–H groups in total. The Hall–Kier alpha value is -1.31. The van der Waals surface area contributed by atoms with Crippen LogP contribution in [0, 0.1) is 5.92 Å². The number of aromatic nitrogens is 2. The summed E-state index contributed by atoms with van der Waals surface area (Å²) in [5.74, 6) is 0.284. The number of nitrogens with one attached hydrogen (secondary N) is 2. The molecule has 0 radical (unpaired) electrons. The zero-order valence-corrected chi connectivity index (χ0v) is 10.5. The molecule has 1 rings (SSSR count). The molecular formula is C9H14F2N4OS. The Balaban J connectivity index is 2.50. The van der Waals surface area contributed by atoms with Gasteiger partial charge in [-0.25, -0.2) is 13.6 Å². The van der Waals surface area contributed by atoms with Gasteiger partial charge in [0.05, 0.1) is 0 Å². The van der Waals surface area contributed by atoms with Crippen LogP contribution in [0.25, 0.3) is 0 Å². The fourth-order valence-corrected chi connectivity index (χ4v) is 1.47. The van der Waals surface area contributed by atoms with Crippen molar-refractivity contribution in [3.63, 3.8) is 0 Å². The van der Waals surface area contributed by atoms with Gasteiger partial charge in [0.1, 0.15) is 0 Å². The molecule has 0 saturated heterocycles. The topological polar surface area (TPSA) is 66.9 Å². The highest BCUT2D eigenvalue weighted by molar-refractivity contribution is 7.15. The van der Waals surface area contributed by atoms with Crippen molar-refractivity contribution in [1.29, 1.82) is 0 Å². The van der Waals surface area contributed by atoms with Gasteiger partial charge in [-0.1, -0.05) is 25.2 Å². The Morgan fingerprint density at radius 3 is 2.41 bits per heavy atom. The lowest BCUT2D eigenvalue weighted by Gasteiger charge is -2.16. The maximum atomic E-state index is 12.2. The number of urea groups is 1. The minimum atomic E-state index is -2.67. The summed E-state index contributed by atoms with van der Waals surface area (Å²) in [6.45, 7) is 5.78. The maximum absolute atomic E-state index is 12.2. The molecule has 8 heteroatoms. The molecule has 0 aliphatic carbocycles. The third-order valence-corrected chi connectivity index (χ3v) is 3.05. The van der Waals surface area contributed by atoms with Gasteiger partial charge < -0.3 is 5.32 Å². The summed E-state index contributed by atoms with van der Waals surface area (Å²) < 4.78 is 24.4. The summed E-state index contributed by atoms with van der Waals surface area (Å²) >= 11 is 0.661. The third kappa shape index (κ3) is 4.22. The van der Waals surface area contributed by atoms with Crippen LogP contribution in [0.2, 0.25) is 0 Å². The normalized spacial score (nSPS) is 12.9. The van der Waals surface area contributed by atoms with Crippen LogP contribution < -0.4 is 10.6 Å². The molecular weight excluding hydrogens is 250 g/mol. The summed E-state index contributed by atoms with van der Waals surface area (Å²) in [4.78, 5) is 11.4. The Morgan fingerprint density at radius 1 is 1.29 bits per heavy atom. The molecule has 17 heavy (non-hydrogen) atoms. The van der Waals surface area contributed by atoms with Gasteiger partial charge in [0.15, 0.2) is 5.01 Å². The first-order valence-corrected chi connectivity index (χ1v) is 5.91. The van der Waals surface area contributed by atoms with E-state index in [0.717, 1.165) is 0 Å². The Labute approximate surface area is 102 Å². The van der Waals surface area contributed by atoms with Crippen LogP contribution in [0.5, 0.6) is 0 Å². The number of carbonyl (C=O) groups is 1. The predicted molar refractivity (Wildman–Crippen MR) is 61.3 cm³/mol. The second-order valence-corrected chi connectivity index (χ2v) is 4.89. The summed E-state index contributed by atoms with van der Waals surface area (Å²) in [5.41, 5.74) is 0. The Bertz CT molecular complexity index is 383. The van der Waals surface area contributed by atoms with Gasteiger partial charge in [0.25, 0.3) is 6.43 Å². The van der Waals surface area contributed by atoms with Gasteiger partial charge in [-0.05, 0) is 12.8 Å². The number of alkyl halides is 2. The summed E-state index contributed by atoms with van der Waals surface area (Å²) in [5, 5.41) is 11.4. The molecule has 1 aromatic rings. The number of rotatable bonds is 4. The number of carbonyl (C=O) groups excluding carboxylic acids is 1. The fourth-order valence-electron chi connectivity index (χ4n) is 0.880. The van der Waals surface area contributed by atoms with E-state index < -0.39 is 17.5 Å². The van der Waals surface area contributed by atoms with Gasteiger partial charge in [-0.2, -0.15) is 0 Å². The van der Waals surface area contributed by atoms with Crippen LogP contribution in [0.4, 0.5) is 18.7 Å². The van der Waals surface area contributed by atoms with Crippen molar-refractivity contribution in [3.8, 4) is 0 Å². The van der Waals surface area contributed by atoms with Crippen molar-refractivity contribution >= 4 is 22.5 Å². The van der Waals surface area contributed by atoms with Gasteiger partial charge in [-0.3, -0.25) is 5.32 Å². The zero-order chi connectivity index (χ0) is 13.0. The molecule has 0 aliphatic rings. The highest BCUT2D eigenvalue weighted by Crippen LogP contribution is 2.24. The van der Waals surface area contributed by atoms with Crippen LogP contribution in [0.15, 0.2) is 0 Å². The fraction of sp³-hybridized carbons (Fsp3) is 0.667. The molecule has 0 unspecified atom stereocenters. The van der Waals surface area contributed by atoms with Gasteiger partial charge in [0, 0.05) is 6.04 Å². The van der Waals surface area contributed by atoms with Crippen molar-refractivity contribution in [2.75, 3.05) is 5.32 Å². The minimum Gasteiger partial charge on any atom is -0.335 e. The monoisotopic (exact) mass is 264 g/mol. The summed E-state index contributed by atoms with van der Waals surface area (Å²) in [7, 11) is 0. The SMILES string of the molecule is CC(C)[C@@H](C)NC(=O)Nc1nnc(C(F)F)s1. The molecule has 0 spiro atoms. The smallest absolute Gasteiger partial charge is 0.321 e. The minimum absolute atomic E-state index is 0.0162. The first-order valence-electron chi connectivity index (χ1n) is 5.09. The van der Waals surface area contributed by atoms with E-state index in [0.29, 0.717) is 11.3 Å². The molecule has 1 atom stereocenters. The van der Waals surface area contributed by atoms with E-state index in [1.165, 1.54) is 0 Å². The number of amides is 2. The lowest BCUT2D eigenvalue weighted by molar-refractivity contribution is 0.150. The summed E-state index contributed by atoms with van der Waals surface area (Å²) in [6, 6.07) is -0.486. The van der Waals surface area contributed by atoms with Crippen molar-refractivity contribution in [3.05, 3.63) is 5.01 Å². The maximum Gasteiger partial charge on any atom is 0.321 e. The second kappa shape index (κ2) is 5.85.